The van der Waals surface area contributed by atoms with Gasteiger partial charge in [0.25, 0.3) is 0 Å². The maximum atomic E-state index is 16.2. The van der Waals surface area contributed by atoms with Gasteiger partial charge in [0.2, 0.25) is 5.91 Å². The largest absolute Gasteiger partial charge is 0.477 e. The molecule has 0 spiro atoms. The first-order valence-electron chi connectivity index (χ1n) is 11.1. The van der Waals surface area contributed by atoms with Crippen molar-refractivity contribution in [3.63, 3.8) is 0 Å². The zero-order valence-corrected chi connectivity index (χ0v) is 19.0. The van der Waals surface area contributed by atoms with Crippen molar-refractivity contribution in [2.45, 2.75) is 58.0 Å². The predicted octanol–water partition coefficient (Wildman–Crippen LogP) is 3.83. The third-order valence-corrected chi connectivity index (χ3v) is 6.67. The SMILES string of the molecule is C/C=C/C1(F)CN(C(=O)CN=C2CCC/C2=C(/N)C(=O)O)CCC1c1cccc(C)c1C. The van der Waals surface area contributed by atoms with Crippen LogP contribution in [0.15, 0.2) is 46.6 Å². The second kappa shape index (κ2) is 9.67. The molecular weight excluding hydrogens is 409 g/mol. The van der Waals surface area contributed by atoms with E-state index >= 15 is 4.39 Å². The van der Waals surface area contributed by atoms with Gasteiger partial charge in [0, 0.05) is 23.7 Å². The van der Waals surface area contributed by atoms with Gasteiger partial charge in [-0.3, -0.25) is 9.79 Å². The van der Waals surface area contributed by atoms with E-state index in [1.54, 1.807) is 19.1 Å². The standard InChI is InChI=1S/C25H32FN3O3/c1-4-12-25(26)15-29(13-11-20(25)18-8-5-7-16(2)17(18)3)22(30)14-28-21-10-6-9-19(21)23(27)24(31)32/h4-5,7-8,12,20H,6,9-11,13-15,27H2,1-3H3,(H,31,32)/b12-4+,23-19-,28-21?. The van der Waals surface area contributed by atoms with Gasteiger partial charge in [0.15, 0.2) is 5.67 Å². The number of alkyl halides is 1. The van der Waals surface area contributed by atoms with Crippen molar-refractivity contribution in [2.75, 3.05) is 19.6 Å². The molecule has 1 aliphatic heterocycles. The number of carboxylic acids is 1. The number of hydrogen-bond donors (Lipinski definition) is 2. The van der Waals surface area contributed by atoms with Crippen LogP contribution in [0.5, 0.6) is 0 Å². The summed E-state index contributed by atoms with van der Waals surface area (Å²) in [6.07, 6.45) is 5.68. The molecule has 1 heterocycles. The number of carbonyl (C=O) groups excluding carboxylic acids is 1. The molecular formula is C25H32FN3O3. The molecule has 3 rings (SSSR count). The van der Waals surface area contributed by atoms with Gasteiger partial charge in [-0.1, -0.05) is 24.3 Å². The number of allylic oxidation sites excluding steroid dienone is 2. The number of halogens is 1. The maximum absolute atomic E-state index is 16.2. The third-order valence-electron chi connectivity index (χ3n) is 6.67. The third kappa shape index (κ3) is 4.76. The summed E-state index contributed by atoms with van der Waals surface area (Å²) < 4.78 is 16.2. The van der Waals surface area contributed by atoms with Gasteiger partial charge in [-0.15, -0.1) is 0 Å². The van der Waals surface area contributed by atoms with Crippen molar-refractivity contribution in [3.05, 3.63) is 58.3 Å². The zero-order chi connectivity index (χ0) is 23.5. The lowest BCUT2D eigenvalue weighted by Gasteiger charge is -2.42. The van der Waals surface area contributed by atoms with Crippen LogP contribution >= 0.6 is 0 Å². The van der Waals surface area contributed by atoms with E-state index in [0.717, 1.165) is 23.1 Å². The molecule has 1 saturated carbocycles. The summed E-state index contributed by atoms with van der Waals surface area (Å²) in [7, 11) is 0. The molecule has 1 aromatic rings. The van der Waals surface area contributed by atoms with E-state index < -0.39 is 11.6 Å². The van der Waals surface area contributed by atoms with Crippen LogP contribution in [0.2, 0.25) is 0 Å². The molecule has 0 bridgehead atoms. The molecule has 1 amide bonds. The van der Waals surface area contributed by atoms with Gasteiger partial charge in [-0.25, -0.2) is 9.18 Å². The molecule has 2 fully saturated rings. The summed E-state index contributed by atoms with van der Waals surface area (Å²) in [6.45, 7) is 6.11. The van der Waals surface area contributed by atoms with E-state index in [4.69, 9.17) is 10.8 Å². The highest BCUT2D eigenvalue weighted by Gasteiger charge is 2.44. The first kappa shape index (κ1) is 23.7. The van der Waals surface area contributed by atoms with Crippen LogP contribution in [0.1, 0.15) is 55.2 Å². The Hall–Kier alpha value is -2.96. The maximum Gasteiger partial charge on any atom is 0.352 e. The van der Waals surface area contributed by atoms with Gasteiger partial charge >= 0.3 is 5.97 Å². The summed E-state index contributed by atoms with van der Waals surface area (Å²) >= 11 is 0. The van der Waals surface area contributed by atoms with Gasteiger partial charge in [-0.2, -0.15) is 0 Å². The van der Waals surface area contributed by atoms with Crippen molar-refractivity contribution in [1.82, 2.24) is 4.90 Å². The highest BCUT2D eigenvalue weighted by atomic mass is 19.1. The number of hydrogen-bond acceptors (Lipinski definition) is 4. The predicted molar refractivity (Wildman–Crippen MR) is 124 cm³/mol. The highest BCUT2D eigenvalue weighted by Crippen LogP contribution is 2.42. The van der Waals surface area contributed by atoms with Crippen molar-refractivity contribution < 1.29 is 19.1 Å². The number of aryl methyl sites for hydroxylation is 1. The molecule has 32 heavy (non-hydrogen) atoms. The number of likely N-dealkylation sites (tertiary alicyclic amines) is 1. The molecule has 2 aliphatic rings. The number of carbonyl (C=O) groups is 2. The lowest BCUT2D eigenvalue weighted by Crippen LogP contribution is -2.51. The van der Waals surface area contributed by atoms with Crippen LogP contribution in [0, 0.1) is 13.8 Å². The topological polar surface area (TPSA) is 96.0 Å². The van der Waals surface area contributed by atoms with Crippen LogP contribution in [0.3, 0.4) is 0 Å². The summed E-state index contributed by atoms with van der Waals surface area (Å²) in [5.41, 5.74) is 8.08. The zero-order valence-electron chi connectivity index (χ0n) is 19.0. The monoisotopic (exact) mass is 441 g/mol. The van der Waals surface area contributed by atoms with Gasteiger partial charge < -0.3 is 15.7 Å². The number of amides is 1. The van der Waals surface area contributed by atoms with E-state index in [2.05, 4.69) is 4.99 Å². The molecule has 1 saturated heterocycles. The molecule has 6 nitrogen and oxygen atoms in total. The lowest BCUT2D eigenvalue weighted by molar-refractivity contribution is -0.133. The smallest absolute Gasteiger partial charge is 0.352 e. The number of rotatable bonds is 5. The summed E-state index contributed by atoms with van der Waals surface area (Å²) in [4.78, 5) is 30.0. The number of aliphatic carboxylic acids is 1. The molecule has 2 atom stereocenters. The van der Waals surface area contributed by atoms with Crippen LogP contribution in [0.25, 0.3) is 0 Å². The molecule has 7 heteroatoms. The van der Waals surface area contributed by atoms with E-state index in [1.165, 1.54) is 4.90 Å². The van der Waals surface area contributed by atoms with Gasteiger partial charge in [0.1, 0.15) is 12.2 Å². The quantitative estimate of drug-likeness (QED) is 0.536. The van der Waals surface area contributed by atoms with E-state index in [1.807, 2.05) is 32.0 Å². The molecule has 172 valence electrons. The Bertz CT molecular complexity index is 998. The molecule has 1 aromatic carbocycles. The summed E-state index contributed by atoms with van der Waals surface area (Å²) in [5, 5.41) is 9.14. The molecule has 2 unspecified atom stereocenters. The Morgan fingerprint density at radius 1 is 1.34 bits per heavy atom. The summed E-state index contributed by atoms with van der Waals surface area (Å²) in [6, 6.07) is 5.96. The van der Waals surface area contributed by atoms with E-state index in [-0.39, 0.29) is 30.6 Å². The van der Waals surface area contributed by atoms with Gasteiger partial charge in [0.05, 0.1) is 6.54 Å². The number of nitrogens with zero attached hydrogens (tertiary/aromatic N) is 2. The molecule has 1 aliphatic carbocycles. The first-order valence-corrected chi connectivity index (χ1v) is 11.1. The van der Waals surface area contributed by atoms with Crippen LogP contribution in [-0.2, 0) is 9.59 Å². The highest BCUT2D eigenvalue weighted by molar-refractivity contribution is 6.08. The Labute approximate surface area is 188 Å². The fraction of sp³-hybridized carbons (Fsp3) is 0.480. The minimum atomic E-state index is -1.67. The first-order chi connectivity index (χ1) is 15.2. The van der Waals surface area contributed by atoms with Crippen molar-refractivity contribution in [1.29, 1.82) is 0 Å². The second-order valence-electron chi connectivity index (χ2n) is 8.69. The number of nitrogens with two attached hydrogens (primary N) is 1. The number of aliphatic imine (C=N–C) groups is 1. The van der Waals surface area contributed by atoms with Crippen molar-refractivity contribution >= 4 is 17.6 Å². The Kier molecular flexibility index (Phi) is 7.16. The Morgan fingerprint density at radius 3 is 2.78 bits per heavy atom. The summed E-state index contributed by atoms with van der Waals surface area (Å²) in [5.74, 6) is -1.76. The van der Waals surface area contributed by atoms with Crippen LogP contribution < -0.4 is 5.73 Å². The Morgan fingerprint density at radius 2 is 2.09 bits per heavy atom. The molecule has 0 radical (unpaired) electrons. The van der Waals surface area contributed by atoms with Crippen molar-refractivity contribution in [3.8, 4) is 0 Å². The van der Waals surface area contributed by atoms with Crippen molar-refractivity contribution in [2.24, 2.45) is 10.7 Å². The van der Waals surface area contributed by atoms with E-state index in [0.29, 0.717) is 37.1 Å². The number of carboxylic acid groups (broad SMARTS) is 1. The average molecular weight is 442 g/mol. The fourth-order valence-corrected chi connectivity index (χ4v) is 4.82. The number of piperidine rings is 1. The minimum Gasteiger partial charge on any atom is -0.477 e. The van der Waals surface area contributed by atoms with Crippen LogP contribution in [-0.4, -0.2) is 52.9 Å². The fourth-order valence-electron chi connectivity index (χ4n) is 4.82. The Balaban J connectivity index is 1.78. The molecule has 0 aromatic heterocycles. The second-order valence-corrected chi connectivity index (χ2v) is 8.69. The van der Waals surface area contributed by atoms with Crippen LogP contribution in [0.4, 0.5) is 4.39 Å². The average Bonchev–Trinajstić information content (AvgIpc) is 3.22. The molecule has 3 N–H and O–H groups in total. The number of benzene rings is 1. The van der Waals surface area contributed by atoms with E-state index in [9.17, 15) is 9.59 Å². The lowest BCUT2D eigenvalue weighted by atomic mass is 9.76. The minimum absolute atomic E-state index is 0.0287. The van der Waals surface area contributed by atoms with Gasteiger partial charge in [-0.05, 0) is 69.2 Å². The normalized spacial score (nSPS) is 26.7.